The highest BCUT2D eigenvalue weighted by Crippen LogP contribution is 2.38. The van der Waals surface area contributed by atoms with E-state index in [0.29, 0.717) is 64.0 Å². The fraction of sp³-hybridized carbons (Fsp3) is 0.474. The van der Waals surface area contributed by atoms with E-state index >= 15 is 0 Å². The summed E-state index contributed by atoms with van der Waals surface area (Å²) in [6.45, 7) is 2.96. The Labute approximate surface area is 170 Å². The monoisotopic (exact) mass is 422 g/mol. The molecular formula is C19H21F3N6O2. The number of rotatable bonds is 3. The molecule has 0 atom stereocenters. The minimum absolute atomic E-state index is 0.109. The zero-order valence-electron chi connectivity index (χ0n) is 16.2. The molecule has 2 aliphatic heterocycles. The maximum Gasteiger partial charge on any atom is 0.417 e. The Morgan fingerprint density at radius 1 is 1.00 bits per heavy atom. The average molecular weight is 422 g/mol. The molecule has 30 heavy (non-hydrogen) atoms. The molecule has 11 heteroatoms. The fourth-order valence-corrected chi connectivity index (χ4v) is 3.52. The number of ether oxygens (including phenoxy) is 1. The third kappa shape index (κ3) is 4.30. The van der Waals surface area contributed by atoms with Gasteiger partial charge in [-0.25, -0.2) is 9.97 Å². The van der Waals surface area contributed by atoms with Crippen molar-refractivity contribution in [1.82, 2.24) is 15.0 Å². The summed E-state index contributed by atoms with van der Waals surface area (Å²) in [5.41, 5.74) is 4.55. The normalized spacial score (nSPS) is 18.0. The third-order valence-corrected chi connectivity index (χ3v) is 5.15. The molecule has 0 amide bonds. The van der Waals surface area contributed by atoms with Gasteiger partial charge in [-0.05, 0) is 6.07 Å². The quantitative estimate of drug-likeness (QED) is 0.804. The van der Waals surface area contributed by atoms with Gasteiger partial charge in [-0.1, -0.05) is 0 Å². The van der Waals surface area contributed by atoms with Crippen LogP contribution in [0.15, 0.2) is 18.3 Å². The van der Waals surface area contributed by atoms with E-state index in [1.54, 1.807) is 0 Å². The van der Waals surface area contributed by atoms with Gasteiger partial charge >= 0.3 is 6.18 Å². The molecule has 2 saturated heterocycles. The smallest absolute Gasteiger partial charge is 0.384 e. The van der Waals surface area contributed by atoms with Crippen molar-refractivity contribution in [3.05, 3.63) is 23.9 Å². The van der Waals surface area contributed by atoms with Crippen LogP contribution in [0.1, 0.15) is 18.4 Å². The number of anilines is 3. The minimum atomic E-state index is -4.62. The van der Waals surface area contributed by atoms with Crippen molar-refractivity contribution in [1.29, 1.82) is 0 Å². The van der Waals surface area contributed by atoms with E-state index < -0.39 is 11.7 Å². The van der Waals surface area contributed by atoms with Gasteiger partial charge in [0.05, 0.1) is 24.5 Å². The predicted octanol–water partition coefficient (Wildman–Crippen LogP) is 2.15. The number of piperidine rings is 1. The van der Waals surface area contributed by atoms with Crippen molar-refractivity contribution in [2.24, 2.45) is 0 Å². The van der Waals surface area contributed by atoms with Crippen LogP contribution >= 0.6 is 0 Å². The van der Waals surface area contributed by atoms with Crippen LogP contribution in [0.5, 0.6) is 0 Å². The highest BCUT2D eigenvalue weighted by atomic mass is 19.4. The number of alkyl halides is 3. The van der Waals surface area contributed by atoms with Crippen molar-refractivity contribution in [3.8, 4) is 11.3 Å². The second-order valence-corrected chi connectivity index (χ2v) is 7.19. The maximum atomic E-state index is 13.7. The molecule has 2 aromatic heterocycles. The Morgan fingerprint density at radius 2 is 1.70 bits per heavy atom. The van der Waals surface area contributed by atoms with Crippen LogP contribution in [0.25, 0.3) is 11.3 Å². The number of pyridine rings is 1. The summed E-state index contributed by atoms with van der Waals surface area (Å²) < 4.78 is 46.4. The molecule has 8 nitrogen and oxygen atoms in total. The summed E-state index contributed by atoms with van der Waals surface area (Å²) in [7, 11) is 0. The molecule has 0 radical (unpaired) electrons. The number of nitrogens with two attached hydrogens (primary N) is 1. The van der Waals surface area contributed by atoms with Gasteiger partial charge in [0.15, 0.2) is 0 Å². The van der Waals surface area contributed by atoms with Crippen LogP contribution in [0.2, 0.25) is 0 Å². The molecule has 160 valence electrons. The second-order valence-electron chi connectivity index (χ2n) is 7.19. The van der Waals surface area contributed by atoms with E-state index in [2.05, 4.69) is 15.0 Å². The molecule has 0 spiro atoms. The second kappa shape index (κ2) is 8.05. The van der Waals surface area contributed by atoms with Gasteiger partial charge in [0, 0.05) is 56.8 Å². The first-order valence-electron chi connectivity index (χ1n) is 9.63. The number of nitrogen functional groups attached to an aromatic ring is 1. The van der Waals surface area contributed by atoms with E-state index in [9.17, 15) is 18.0 Å². The largest absolute Gasteiger partial charge is 0.417 e. The fourth-order valence-electron chi connectivity index (χ4n) is 3.52. The lowest BCUT2D eigenvalue weighted by molar-refractivity contribution is -0.137. The topological polar surface area (TPSA) is 97.5 Å². The van der Waals surface area contributed by atoms with Crippen molar-refractivity contribution < 1.29 is 22.7 Å². The van der Waals surface area contributed by atoms with E-state index in [1.165, 1.54) is 6.07 Å². The van der Waals surface area contributed by atoms with E-state index in [1.807, 2.05) is 9.80 Å². The van der Waals surface area contributed by atoms with Crippen molar-refractivity contribution in [3.63, 3.8) is 0 Å². The van der Waals surface area contributed by atoms with Crippen LogP contribution in [0, 0.1) is 0 Å². The molecule has 0 bridgehead atoms. The van der Waals surface area contributed by atoms with Crippen LogP contribution < -0.4 is 15.5 Å². The number of Topliss-reactive ketones (excluding diaryl/α,β-unsaturated/α-hetero) is 1. The van der Waals surface area contributed by atoms with Crippen LogP contribution in [0.3, 0.4) is 0 Å². The van der Waals surface area contributed by atoms with Gasteiger partial charge in [-0.2, -0.15) is 18.2 Å². The third-order valence-electron chi connectivity index (χ3n) is 5.15. The zero-order chi connectivity index (χ0) is 21.3. The lowest BCUT2D eigenvalue weighted by Gasteiger charge is -2.31. The Bertz CT molecular complexity index is 936. The zero-order valence-corrected chi connectivity index (χ0v) is 16.2. The molecule has 4 rings (SSSR count). The summed E-state index contributed by atoms with van der Waals surface area (Å²) in [5, 5.41) is 0. The molecular weight excluding hydrogens is 401 g/mol. The Kier molecular flexibility index (Phi) is 5.46. The lowest BCUT2D eigenvalue weighted by Crippen LogP contribution is -2.38. The number of hydrogen-bond acceptors (Lipinski definition) is 8. The molecule has 4 heterocycles. The minimum Gasteiger partial charge on any atom is -0.384 e. The number of halogens is 3. The van der Waals surface area contributed by atoms with Gasteiger partial charge in [0.2, 0.25) is 5.95 Å². The van der Waals surface area contributed by atoms with E-state index in [-0.39, 0.29) is 22.9 Å². The van der Waals surface area contributed by atoms with E-state index in [0.717, 1.165) is 12.3 Å². The van der Waals surface area contributed by atoms with Gasteiger partial charge < -0.3 is 20.3 Å². The number of aromatic nitrogens is 3. The van der Waals surface area contributed by atoms with Gasteiger partial charge in [-0.3, -0.25) is 4.79 Å². The molecule has 0 aliphatic carbocycles. The van der Waals surface area contributed by atoms with Crippen molar-refractivity contribution >= 4 is 23.4 Å². The number of nitrogens with zero attached hydrogens (tertiary/aromatic N) is 5. The SMILES string of the molecule is Nc1cc(C(F)(F)F)c(-c2cc(N3CCC(=O)CC3)nc(N3CCOCC3)n2)cn1. The van der Waals surface area contributed by atoms with Crippen LogP contribution in [0.4, 0.5) is 30.8 Å². The Balaban J connectivity index is 1.81. The first-order chi connectivity index (χ1) is 14.3. The van der Waals surface area contributed by atoms with E-state index in [4.69, 9.17) is 10.5 Å². The maximum absolute atomic E-state index is 13.7. The molecule has 2 aliphatic rings. The number of ketones is 1. The van der Waals surface area contributed by atoms with Gasteiger partial charge in [0.25, 0.3) is 0 Å². The number of carbonyl (C=O) groups is 1. The highest BCUT2D eigenvalue weighted by Gasteiger charge is 2.35. The standard InChI is InChI=1S/C19H21F3N6O2/c20-19(21,22)14-9-16(23)24-11-13(14)15-10-17(27-3-1-12(29)2-4-27)26-18(25-15)28-5-7-30-8-6-28/h9-11H,1-8H2,(H2,23,24). The number of carbonyl (C=O) groups excluding carboxylic acids is 1. The first kappa shape index (κ1) is 20.3. The number of morpholine rings is 1. The van der Waals surface area contributed by atoms with Crippen molar-refractivity contribution in [2.75, 3.05) is 54.9 Å². The summed E-state index contributed by atoms with van der Waals surface area (Å²) in [4.78, 5) is 28.2. The van der Waals surface area contributed by atoms with Crippen LogP contribution in [-0.2, 0) is 15.7 Å². The summed E-state index contributed by atoms with van der Waals surface area (Å²) in [6.07, 6.45) is -2.77. The number of hydrogen-bond donors (Lipinski definition) is 1. The van der Waals surface area contributed by atoms with Gasteiger partial charge in [0.1, 0.15) is 17.4 Å². The summed E-state index contributed by atoms with van der Waals surface area (Å²) in [6, 6.07) is 2.33. The van der Waals surface area contributed by atoms with Crippen LogP contribution in [-0.4, -0.2) is 60.1 Å². The molecule has 0 unspecified atom stereocenters. The predicted molar refractivity (Wildman–Crippen MR) is 104 cm³/mol. The van der Waals surface area contributed by atoms with Crippen molar-refractivity contribution in [2.45, 2.75) is 19.0 Å². The average Bonchev–Trinajstić information content (AvgIpc) is 2.74. The summed E-state index contributed by atoms with van der Waals surface area (Å²) in [5.74, 6) is 0.755. The highest BCUT2D eigenvalue weighted by molar-refractivity contribution is 5.81. The summed E-state index contributed by atoms with van der Waals surface area (Å²) >= 11 is 0. The lowest BCUT2D eigenvalue weighted by atomic mass is 10.1. The molecule has 0 aromatic carbocycles. The first-order valence-corrected chi connectivity index (χ1v) is 9.63. The molecule has 0 saturated carbocycles. The molecule has 2 aromatic rings. The molecule has 2 fully saturated rings. The Hall–Kier alpha value is -2.95. The molecule has 2 N–H and O–H groups in total. The Morgan fingerprint density at radius 3 is 2.37 bits per heavy atom. The van der Waals surface area contributed by atoms with Gasteiger partial charge in [-0.15, -0.1) is 0 Å².